The van der Waals surface area contributed by atoms with Crippen molar-refractivity contribution in [1.29, 1.82) is 0 Å². The lowest BCUT2D eigenvalue weighted by molar-refractivity contribution is 0.278. The zero-order valence-corrected chi connectivity index (χ0v) is 10.4. The van der Waals surface area contributed by atoms with E-state index in [4.69, 9.17) is 17.3 Å². The summed E-state index contributed by atoms with van der Waals surface area (Å²) in [5.74, 6) is 0. The lowest BCUT2D eigenvalue weighted by Crippen LogP contribution is -2.45. The standard InChI is InChI=1S/C12H19ClN2/c1-4-12(14,9-15(2)3)10-5-7-11(13)8-6-10/h5-8H,4,9,14H2,1-3H3. The molecule has 0 saturated heterocycles. The maximum absolute atomic E-state index is 6.38. The number of rotatable bonds is 4. The van der Waals surface area contributed by atoms with E-state index < -0.39 is 0 Å². The van der Waals surface area contributed by atoms with E-state index in [2.05, 4.69) is 11.8 Å². The Morgan fingerprint density at radius 3 is 2.20 bits per heavy atom. The molecular weight excluding hydrogens is 208 g/mol. The number of hydrogen-bond donors (Lipinski definition) is 1. The minimum atomic E-state index is -0.284. The zero-order chi connectivity index (χ0) is 11.5. The van der Waals surface area contributed by atoms with Crippen LogP contribution in [0.1, 0.15) is 18.9 Å². The Hall–Kier alpha value is -0.570. The Morgan fingerprint density at radius 1 is 1.27 bits per heavy atom. The quantitative estimate of drug-likeness (QED) is 0.855. The molecule has 0 saturated carbocycles. The van der Waals surface area contributed by atoms with E-state index in [-0.39, 0.29) is 5.54 Å². The Labute approximate surface area is 97.0 Å². The van der Waals surface area contributed by atoms with Gasteiger partial charge in [0, 0.05) is 11.6 Å². The average molecular weight is 227 g/mol. The van der Waals surface area contributed by atoms with E-state index in [9.17, 15) is 0 Å². The maximum atomic E-state index is 6.38. The lowest BCUT2D eigenvalue weighted by atomic mass is 9.88. The molecular formula is C12H19ClN2. The first-order chi connectivity index (χ1) is 6.98. The highest BCUT2D eigenvalue weighted by Crippen LogP contribution is 2.24. The topological polar surface area (TPSA) is 29.3 Å². The van der Waals surface area contributed by atoms with E-state index in [1.165, 1.54) is 0 Å². The van der Waals surface area contributed by atoms with Gasteiger partial charge in [0.05, 0.1) is 5.54 Å². The molecule has 0 bridgehead atoms. The molecule has 2 N–H and O–H groups in total. The fraction of sp³-hybridized carbons (Fsp3) is 0.500. The number of nitrogens with zero attached hydrogens (tertiary/aromatic N) is 1. The third-order valence-corrected chi connectivity index (χ3v) is 2.90. The van der Waals surface area contributed by atoms with Gasteiger partial charge in [0.2, 0.25) is 0 Å². The van der Waals surface area contributed by atoms with Crippen molar-refractivity contribution in [1.82, 2.24) is 4.90 Å². The van der Waals surface area contributed by atoms with E-state index in [1.807, 2.05) is 38.4 Å². The van der Waals surface area contributed by atoms with Crippen LogP contribution in [0.3, 0.4) is 0 Å². The van der Waals surface area contributed by atoms with Crippen molar-refractivity contribution in [3.8, 4) is 0 Å². The summed E-state index contributed by atoms with van der Waals surface area (Å²) in [6, 6.07) is 7.80. The van der Waals surface area contributed by atoms with Gasteiger partial charge in [0.15, 0.2) is 0 Å². The molecule has 0 aliphatic heterocycles. The van der Waals surface area contributed by atoms with Gasteiger partial charge in [-0.2, -0.15) is 0 Å². The summed E-state index contributed by atoms with van der Waals surface area (Å²) in [6.45, 7) is 2.95. The number of halogens is 1. The van der Waals surface area contributed by atoms with Gasteiger partial charge in [0.1, 0.15) is 0 Å². The summed E-state index contributed by atoms with van der Waals surface area (Å²) in [7, 11) is 4.07. The summed E-state index contributed by atoms with van der Waals surface area (Å²) in [5.41, 5.74) is 7.24. The van der Waals surface area contributed by atoms with Crippen molar-refractivity contribution in [3.05, 3.63) is 34.9 Å². The van der Waals surface area contributed by atoms with Crippen molar-refractivity contribution in [2.24, 2.45) is 5.73 Å². The predicted molar refractivity (Wildman–Crippen MR) is 66.2 cm³/mol. The molecule has 1 atom stereocenters. The molecule has 3 heteroatoms. The van der Waals surface area contributed by atoms with Crippen LogP contribution < -0.4 is 5.73 Å². The highest BCUT2D eigenvalue weighted by molar-refractivity contribution is 6.30. The molecule has 0 spiro atoms. The zero-order valence-electron chi connectivity index (χ0n) is 9.63. The summed E-state index contributed by atoms with van der Waals surface area (Å²) >= 11 is 5.86. The number of likely N-dealkylation sites (N-methyl/N-ethyl adjacent to an activating group) is 1. The number of nitrogens with two attached hydrogens (primary N) is 1. The van der Waals surface area contributed by atoms with Gasteiger partial charge in [-0.05, 0) is 38.2 Å². The third-order valence-electron chi connectivity index (χ3n) is 2.65. The normalized spacial score (nSPS) is 15.3. The van der Waals surface area contributed by atoms with Crippen molar-refractivity contribution in [3.63, 3.8) is 0 Å². The SMILES string of the molecule is CCC(N)(CN(C)C)c1ccc(Cl)cc1. The summed E-state index contributed by atoms with van der Waals surface area (Å²) < 4.78 is 0. The van der Waals surface area contributed by atoms with E-state index in [0.29, 0.717) is 0 Å². The first kappa shape index (κ1) is 12.5. The second-order valence-corrected chi connectivity index (χ2v) is 4.69. The molecule has 0 amide bonds. The molecule has 0 aliphatic carbocycles. The largest absolute Gasteiger partial charge is 0.320 e. The van der Waals surface area contributed by atoms with Crippen LogP contribution in [0.4, 0.5) is 0 Å². The summed E-state index contributed by atoms with van der Waals surface area (Å²) in [6.07, 6.45) is 0.910. The Balaban J connectivity index is 2.95. The van der Waals surface area contributed by atoms with Crippen LogP contribution in [0, 0.1) is 0 Å². The van der Waals surface area contributed by atoms with Crippen LogP contribution in [-0.4, -0.2) is 25.5 Å². The Morgan fingerprint density at radius 2 is 1.80 bits per heavy atom. The van der Waals surface area contributed by atoms with Gasteiger partial charge in [-0.1, -0.05) is 30.7 Å². The second kappa shape index (κ2) is 4.97. The minimum absolute atomic E-state index is 0.284. The van der Waals surface area contributed by atoms with Gasteiger partial charge in [-0.3, -0.25) is 0 Å². The molecule has 0 aliphatic rings. The molecule has 84 valence electrons. The monoisotopic (exact) mass is 226 g/mol. The molecule has 2 nitrogen and oxygen atoms in total. The molecule has 0 radical (unpaired) electrons. The molecule has 15 heavy (non-hydrogen) atoms. The fourth-order valence-electron chi connectivity index (χ4n) is 1.75. The molecule has 0 heterocycles. The molecule has 1 rings (SSSR count). The molecule has 1 aromatic carbocycles. The van der Waals surface area contributed by atoms with Crippen LogP contribution >= 0.6 is 11.6 Å². The Bertz CT molecular complexity index is 308. The van der Waals surface area contributed by atoms with Crippen molar-refractivity contribution < 1.29 is 0 Å². The number of hydrogen-bond acceptors (Lipinski definition) is 2. The first-order valence-electron chi connectivity index (χ1n) is 5.17. The predicted octanol–water partition coefficient (Wildman–Crippen LogP) is 2.47. The molecule has 0 aromatic heterocycles. The van der Waals surface area contributed by atoms with Crippen molar-refractivity contribution in [2.75, 3.05) is 20.6 Å². The van der Waals surface area contributed by atoms with E-state index >= 15 is 0 Å². The summed E-state index contributed by atoms with van der Waals surface area (Å²) in [5, 5.41) is 0.752. The highest BCUT2D eigenvalue weighted by atomic mass is 35.5. The van der Waals surface area contributed by atoms with Gasteiger partial charge >= 0.3 is 0 Å². The van der Waals surface area contributed by atoms with Crippen LogP contribution in [0.5, 0.6) is 0 Å². The fourth-order valence-corrected chi connectivity index (χ4v) is 1.88. The van der Waals surface area contributed by atoms with E-state index in [0.717, 1.165) is 23.6 Å². The van der Waals surface area contributed by atoms with Gasteiger partial charge in [-0.25, -0.2) is 0 Å². The highest BCUT2D eigenvalue weighted by Gasteiger charge is 2.25. The van der Waals surface area contributed by atoms with Crippen LogP contribution in [0.15, 0.2) is 24.3 Å². The van der Waals surface area contributed by atoms with Crippen molar-refractivity contribution in [2.45, 2.75) is 18.9 Å². The molecule has 0 fully saturated rings. The third kappa shape index (κ3) is 3.20. The van der Waals surface area contributed by atoms with Gasteiger partial charge in [-0.15, -0.1) is 0 Å². The van der Waals surface area contributed by atoms with E-state index in [1.54, 1.807) is 0 Å². The minimum Gasteiger partial charge on any atom is -0.320 e. The average Bonchev–Trinajstić information content (AvgIpc) is 2.17. The summed E-state index contributed by atoms with van der Waals surface area (Å²) in [4.78, 5) is 2.11. The van der Waals surface area contributed by atoms with Crippen molar-refractivity contribution >= 4 is 11.6 Å². The van der Waals surface area contributed by atoms with Crippen LogP contribution in [-0.2, 0) is 5.54 Å². The number of benzene rings is 1. The first-order valence-corrected chi connectivity index (χ1v) is 5.55. The molecule has 1 aromatic rings. The van der Waals surface area contributed by atoms with Crippen LogP contribution in [0.25, 0.3) is 0 Å². The van der Waals surface area contributed by atoms with Gasteiger partial charge < -0.3 is 10.6 Å². The lowest BCUT2D eigenvalue weighted by Gasteiger charge is -2.31. The van der Waals surface area contributed by atoms with Gasteiger partial charge in [0.25, 0.3) is 0 Å². The second-order valence-electron chi connectivity index (χ2n) is 4.25. The maximum Gasteiger partial charge on any atom is 0.0535 e. The smallest absolute Gasteiger partial charge is 0.0535 e. The van der Waals surface area contributed by atoms with Crippen LogP contribution in [0.2, 0.25) is 5.02 Å². The molecule has 1 unspecified atom stereocenters. The Kier molecular flexibility index (Phi) is 4.14.